The molecule has 0 saturated carbocycles. The summed E-state index contributed by atoms with van der Waals surface area (Å²) in [6, 6.07) is 3.38. The van der Waals surface area contributed by atoms with Crippen molar-refractivity contribution in [1.82, 2.24) is 14.5 Å². The second-order valence-electron chi connectivity index (χ2n) is 7.53. The second-order valence-corrected chi connectivity index (χ2v) is 10.6. The van der Waals surface area contributed by atoms with Gasteiger partial charge in [-0.3, -0.25) is 4.79 Å². The molecule has 0 radical (unpaired) electrons. The number of likely N-dealkylation sites (tertiary alicyclic amines) is 1. The summed E-state index contributed by atoms with van der Waals surface area (Å²) in [4.78, 5) is 15.0. The van der Waals surface area contributed by atoms with Crippen LogP contribution in [0.5, 0.6) is 0 Å². The molecule has 6 nitrogen and oxygen atoms in total. The average molecular weight is 414 g/mol. The third-order valence-electron chi connectivity index (χ3n) is 5.49. The predicted octanol–water partition coefficient (Wildman–Crippen LogP) is 2.53. The van der Waals surface area contributed by atoms with Crippen LogP contribution >= 0.6 is 11.3 Å². The van der Waals surface area contributed by atoms with Gasteiger partial charge in [0.25, 0.3) is 10.0 Å². The molecule has 1 N–H and O–H groups in total. The molecular formula is C19H31N3O3S2. The highest BCUT2D eigenvalue weighted by Crippen LogP contribution is 2.26. The first-order chi connectivity index (χ1) is 13.1. The quantitative estimate of drug-likeness (QED) is 0.698. The zero-order chi connectivity index (χ0) is 19.1. The van der Waals surface area contributed by atoms with E-state index in [1.54, 1.807) is 17.5 Å². The molecule has 0 bridgehead atoms. The molecule has 0 unspecified atom stereocenters. The van der Waals surface area contributed by atoms with Gasteiger partial charge in [0.15, 0.2) is 0 Å². The summed E-state index contributed by atoms with van der Waals surface area (Å²) in [6.07, 6.45) is 7.67. The number of carbonyl (C=O) groups excluding carboxylic acids is 1. The molecule has 152 valence electrons. The fraction of sp³-hybridized carbons (Fsp3) is 0.737. The standard InChI is InChI=1S/C19H31N3O3S2/c23-19(20-10-7-13-21-11-3-1-2-4-12-21)17-8-5-14-22(16-17)27(24,25)18-9-6-15-26-18/h6,9,15,17H,1-5,7-8,10-14,16H2,(H,20,23)/t17-/m0/s1. The van der Waals surface area contributed by atoms with E-state index in [-0.39, 0.29) is 18.4 Å². The molecule has 3 heterocycles. The highest BCUT2D eigenvalue weighted by molar-refractivity contribution is 7.91. The maximum Gasteiger partial charge on any atom is 0.252 e. The Morgan fingerprint density at radius 3 is 2.63 bits per heavy atom. The normalized spacial score (nSPS) is 23.0. The molecule has 2 aliphatic rings. The Hall–Kier alpha value is -0.960. The Morgan fingerprint density at radius 1 is 1.15 bits per heavy atom. The molecule has 2 aliphatic heterocycles. The van der Waals surface area contributed by atoms with E-state index in [2.05, 4.69) is 10.2 Å². The van der Waals surface area contributed by atoms with Gasteiger partial charge in [0.2, 0.25) is 5.91 Å². The lowest BCUT2D eigenvalue weighted by Crippen LogP contribution is -2.45. The van der Waals surface area contributed by atoms with Crippen molar-refractivity contribution in [3.05, 3.63) is 17.5 Å². The van der Waals surface area contributed by atoms with Gasteiger partial charge in [0.1, 0.15) is 4.21 Å². The maximum atomic E-state index is 12.7. The number of piperidine rings is 1. The first-order valence-corrected chi connectivity index (χ1v) is 12.4. The smallest absolute Gasteiger partial charge is 0.252 e. The Morgan fingerprint density at radius 2 is 1.93 bits per heavy atom. The van der Waals surface area contributed by atoms with Gasteiger partial charge in [-0.1, -0.05) is 18.9 Å². The minimum absolute atomic E-state index is 0.00283. The molecule has 8 heteroatoms. The van der Waals surface area contributed by atoms with Crippen LogP contribution in [0.25, 0.3) is 0 Å². The predicted molar refractivity (Wildman–Crippen MR) is 108 cm³/mol. The zero-order valence-corrected chi connectivity index (χ0v) is 17.6. The number of thiophene rings is 1. The van der Waals surface area contributed by atoms with Gasteiger partial charge in [-0.15, -0.1) is 11.3 Å². The molecule has 1 aromatic heterocycles. The molecule has 1 amide bonds. The summed E-state index contributed by atoms with van der Waals surface area (Å²) in [7, 11) is -3.46. The number of hydrogen-bond acceptors (Lipinski definition) is 5. The Balaban J connectivity index is 1.43. The van der Waals surface area contributed by atoms with Gasteiger partial charge < -0.3 is 10.2 Å². The second kappa shape index (κ2) is 10.0. The average Bonchev–Trinajstić information content (AvgIpc) is 3.11. The van der Waals surface area contributed by atoms with E-state index in [1.165, 1.54) is 54.4 Å². The summed E-state index contributed by atoms with van der Waals surface area (Å²) in [5, 5.41) is 4.80. The van der Waals surface area contributed by atoms with Crippen molar-refractivity contribution in [3.63, 3.8) is 0 Å². The number of rotatable bonds is 7. The summed E-state index contributed by atoms with van der Waals surface area (Å²) in [5.41, 5.74) is 0. The van der Waals surface area contributed by atoms with Crippen LogP contribution in [0.15, 0.2) is 21.7 Å². The first kappa shape index (κ1) is 20.8. The van der Waals surface area contributed by atoms with Crippen molar-refractivity contribution in [2.75, 3.05) is 39.3 Å². The summed E-state index contributed by atoms with van der Waals surface area (Å²) in [6.45, 7) is 4.84. The monoisotopic (exact) mass is 413 g/mol. The molecule has 0 spiro atoms. The van der Waals surface area contributed by atoms with Crippen molar-refractivity contribution in [3.8, 4) is 0 Å². The Labute approximate surface area is 167 Å². The molecule has 0 aliphatic carbocycles. The van der Waals surface area contributed by atoms with Crippen LogP contribution in [-0.4, -0.2) is 62.8 Å². The number of nitrogens with one attached hydrogen (secondary N) is 1. The Bertz CT molecular complexity index is 683. The molecule has 27 heavy (non-hydrogen) atoms. The highest BCUT2D eigenvalue weighted by atomic mass is 32.2. The van der Waals surface area contributed by atoms with Crippen LogP contribution in [0, 0.1) is 5.92 Å². The SMILES string of the molecule is O=C(NCCCN1CCCCCC1)[C@H]1CCCN(S(=O)(=O)c2cccs2)C1. The van der Waals surface area contributed by atoms with Gasteiger partial charge in [-0.2, -0.15) is 4.31 Å². The van der Waals surface area contributed by atoms with E-state index in [0.29, 0.717) is 17.3 Å². The van der Waals surface area contributed by atoms with E-state index >= 15 is 0 Å². The van der Waals surface area contributed by atoms with E-state index < -0.39 is 10.0 Å². The van der Waals surface area contributed by atoms with E-state index in [1.807, 2.05) is 0 Å². The first-order valence-electron chi connectivity index (χ1n) is 10.1. The van der Waals surface area contributed by atoms with Crippen molar-refractivity contribution in [1.29, 1.82) is 0 Å². The topological polar surface area (TPSA) is 69.7 Å². The minimum Gasteiger partial charge on any atom is -0.356 e. The van der Waals surface area contributed by atoms with Crippen molar-refractivity contribution in [2.45, 2.75) is 49.2 Å². The minimum atomic E-state index is -3.46. The van der Waals surface area contributed by atoms with Crippen LogP contribution in [0.1, 0.15) is 44.9 Å². The molecule has 2 saturated heterocycles. The van der Waals surface area contributed by atoms with Crippen LogP contribution in [0.3, 0.4) is 0 Å². The Kier molecular flexibility index (Phi) is 7.69. The largest absolute Gasteiger partial charge is 0.356 e. The van der Waals surface area contributed by atoms with Gasteiger partial charge in [0, 0.05) is 19.6 Å². The number of amides is 1. The molecule has 3 rings (SSSR count). The van der Waals surface area contributed by atoms with Gasteiger partial charge >= 0.3 is 0 Å². The summed E-state index contributed by atoms with van der Waals surface area (Å²) in [5.74, 6) is -0.247. The van der Waals surface area contributed by atoms with Gasteiger partial charge in [0.05, 0.1) is 5.92 Å². The maximum absolute atomic E-state index is 12.7. The summed E-state index contributed by atoms with van der Waals surface area (Å²) >= 11 is 1.23. The molecular weight excluding hydrogens is 382 g/mol. The highest BCUT2D eigenvalue weighted by Gasteiger charge is 2.33. The van der Waals surface area contributed by atoms with Gasteiger partial charge in [-0.05, 0) is 63.2 Å². The third-order valence-corrected chi connectivity index (χ3v) is 8.73. The number of carbonyl (C=O) groups is 1. The number of hydrogen-bond donors (Lipinski definition) is 1. The number of sulfonamides is 1. The lowest BCUT2D eigenvalue weighted by atomic mass is 9.99. The lowest BCUT2D eigenvalue weighted by molar-refractivity contribution is -0.126. The lowest BCUT2D eigenvalue weighted by Gasteiger charge is -2.30. The third kappa shape index (κ3) is 5.76. The van der Waals surface area contributed by atoms with Crippen molar-refractivity contribution < 1.29 is 13.2 Å². The fourth-order valence-corrected chi connectivity index (χ4v) is 6.60. The van der Waals surface area contributed by atoms with Crippen LogP contribution in [-0.2, 0) is 14.8 Å². The van der Waals surface area contributed by atoms with Crippen LogP contribution in [0.2, 0.25) is 0 Å². The molecule has 0 aromatic carbocycles. The van der Waals surface area contributed by atoms with E-state index in [9.17, 15) is 13.2 Å². The van der Waals surface area contributed by atoms with Gasteiger partial charge in [-0.25, -0.2) is 8.42 Å². The molecule has 1 atom stereocenters. The van der Waals surface area contributed by atoms with E-state index in [4.69, 9.17) is 0 Å². The summed E-state index contributed by atoms with van der Waals surface area (Å²) < 4.78 is 27.2. The van der Waals surface area contributed by atoms with Crippen LogP contribution < -0.4 is 5.32 Å². The van der Waals surface area contributed by atoms with E-state index in [0.717, 1.165) is 25.8 Å². The molecule has 1 aromatic rings. The van der Waals surface area contributed by atoms with Crippen LogP contribution in [0.4, 0.5) is 0 Å². The number of nitrogens with zero attached hydrogens (tertiary/aromatic N) is 2. The van der Waals surface area contributed by atoms with Crippen molar-refractivity contribution in [2.24, 2.45) is 5.92 Å². The fourth-order valence-electron chi connectivity index (χ4n) is 3.93. The molecule has 2 fully saturated rings. The zero-order valence-electron chi connectivity index (χ0n) is 15.9. The van der Waals surface area contributed by atoms with Crippen molar-refractivity contribution >= 4 is 27.3 Å².